The van der Waals surface area contributed by atoms with E-state index in [1.807, 2.05) is 0 Å². The summed E-state index contributed by atoms with van der Waals surface area (Å²) in [5, 5.41) is 68.9. The first-order valence-electron chi connectivity index (χ1n) is 9.50. The average Bonchev–Trinajstić information content (AvgIpc) is 2.77. The fraction of sp³-hybridized carbons (Fsp3) is 0.286. The van der Waals surface area contributed by atoms with Crippen LogP contribution in [0.2, 0.25) is 0 Å². The van der Waals surface area contributed by atoms with Gasteiger partial charge in [-0.2, -0.15) is 0 Å². The lowest BCUT2D eigenvalue weighted by Crippen LogP contribution is -2.60. The molecule has 170 valence electrons. The number of aromatic hydroxyl groups is 3. The Kier molecular flexibility index (Phi) is 5.67. The molecule has 2 heterocycles. The van der Waals surface area contributed by atoms with Crippen LogP contribution >= 0.6 is 0 Å². The molecule has 0 amide bonds. The number of hydrogen-bond donors (Lipinski definition) is 7. The molecule has 1 aliphatic heterocycles. The van der Waals surface area contributed by atoms with E-state index in [4.69, 9.17) is 13.9 Å². The SMILES string of the molecule is O=c1c(O)c(-c2ccc(O)cc2)oc2cc(O[C@@H]3OC(CO)[C@@H](O)[C@H](O)C3O)cc(O)c12. The Morgan fingerprint density at radius 3 is 2.28 bits per heavy atom. The van der Waals surface area contributed by atoms with Crippen molar-refractivity contribution in [1.29, 1.82) is 0 Å². The molecule has 0 saturated carbocycles. The predicted molar refractivity (Wildman–Crippen MR) is 107 cm³/mol. The van der Waals surface area contributed by atoms with Crippen LogP contribution < -0.4 is 10.2 Å². The summed E-state index contributed by atoms with van der Waals surface area (Å²) in [5.74, 6) is -1.73. The highest BCUT2D eigenvalue weighted by Gasteiger charge is 2.44. The van der Waals surface area contributed by atoms with Crippen molar-refractivity contribution in [2.45, 2.75) is 30.7 Å². The lowest BCUT2D eigenvalue weighted by atomic mass is 9.99. The maximum Gasteiger partial charge on any atom is 0.238 e. The molecule has 7 N–H and O–H groups in total. The fourth-order valence-corrected chi connectivity index (χ4v) is 3.44. The molecule has 2 aromatic carbocycles. The minimum absolute atomic E-state index is 0.0377. The molecule has 0 bridgehead atoms. The van der Waals surface area contributed by atoms with Crippen molar-refractivity contribution in [2.75, 3.05) is 6.61 Å². The second-order valence-corrected chi connectivity index (χ2v) is 7.29. The monoisotopic (exact) mass is 448 g/mol. The normalized spacial score (nSPS) is 25.7. The van der Waals surface area contributed by atoms with E-state index in [0.717, 1.165) is 6.07 Å². The first kappa shape index (κ1) is 21.9. The second-order valence-electron chi connectivity index (χ2n) is 7.29. The third-order valence-corrected chi connectivity index (χ3v) is 5.15. The zero-order chi connectivity index (χ0) is 23.2. The molecule has 32 heavy (non-hydrogen) atoms. The highest BCUT2D eigenvalue weighted by molar-refractivity contribution is 5.88. The van der Waals surface area contributed by atoms with Gasteiger partial charge >= 0.3 is 0 Å². The largest absolute Gasteiger partial charge is 0.508 e. The number of hydrogen-bond acceptors (Lipinski definition) is 11. The molecule has 0 radical (unpaired) electrons. The lowest BCUT2D eigenvalue weighted by Gasteiger charge is -2.39. The first-order valence-corrected chi connectivity index (χ1v) is 9.50. The van der Waals surface area contributed by atoms with Crippen molar-refractivity contribution in [3.63, 3.8) is 0 Å². The quantitative estimate of drug-likeness (QED) is 0.279. The van der Waals surface area contributed by atoms with Gasteiger partial charge in [-0.25, -0.2) is 0 Å². The number of phenols is 2. The van der Waals surface area contributed by atoms with Gasteiger partial charge in [-0.05, 0) is 24.3 Å². The summed E-state index contributed by atoms with van der Waals surface area (Å²) in [6, 6.07) is 7.69. The van der Waals surface area contributed by atoms with Crippen LogP contribution in [0.15, 0.2) is 45.6 Å². The van der Waals surface area contributed by atoms with Crippen LogP contribution in [0, 0.1) is 0 Å². The molecule has 1 aromatic heterocycles. The Morgan fingerprint density at radius 2 is 1.62 bits per heavy atom. The maximum atomic E-state index is 12.6. The number of fused-ring (bicyclic) bond motifs is 1. The predicted octanol–water partition coefficient (Wildman–Crippen LogP) is -0.245. The van der Waals surface area contributed by atoms with Crippen molar-refractivity contribution in [2.24, 2.45) is 0 Å². The Morgan fingerprint density at radius 1 is 0.938 bits per heavy atom. The summed E-state index contributed by atoms with van der Waals surface area (Å²) in [5.41, 5.74) is -0.805. The summed E-state index contributed by atoms with van der Waals surface area (Å²) in [6.45, 7) is -0.655. The lowest BCUT2D eigenvalue weighted by molar-refractivity contribution is -0.277. The van der Waals surface area contributed by atoms with Gasteiger partial charge in [-0.1, -0.05) is 0 Å². The van der Waals surface area contributed by atoms with Gasteiger partial charge in [0.15, 0.2) is 5.76 Å². The van der Waals surface area contributed by atoms with Gasteiger partial charge in [0.1, 0.15) is 52.6 Å². The van der Waals surface area contributed by atoms with Crippen molar-refractivity contribution in [3.8, 4) is 34.3 Å². The Hall–Kier alpha value is -3.35. The smallest absolute Gasteiger partial charge is 0.238 e. The van der Waals surface area contributed by atoms with Crippen LogP contribution in [0.3, 0.4) is 0 Å². The van der Waals surface area contributed by atoms with E-state index in [2.05, 4.69) is 0 Å². The third kappa shape index (κ3) is 3.72. The molecule has 3 aromatic rings. The van der Waals surface area contributed by atoms with Crippen molar-refractivity contribution in [1.82, 2.24) is 0 Å². The molecule has 0 spiro atoms. The van der Waals surface area contributed by atoms with Crippen LogP contribution in [0.25, 0.3) is 22.3 Å². The van der Waals surface area contributed by atoms with Gasteiger partial charge < -0.3 is 49.6 Å². The highest BCUT2D eigenvalue weighted by Crippen LogP contribution is 2.36. The Balaban J connectivity index is 1.75. The summed E-state index contributed by atoms with van der Waals surface area (Å²) in [4.78, 5) is 12.6. The van der Waals surface area contributed by atoms with E-state index in [9.17, 15) is 40.5 Å². The summed E-state index contributed by atoms with van der Waals surface area (Å²) < 4.78 is 16.3. The van der Waals surface area contributed by atoms with E-state index in [0.29, 0.717) is 0 Å². The van der Waals surface area contributed by atoms with Gasteiger partial charge in [0.2, 0.25) is 17.5 Å². The maximum absolute atomic E-state index is 12.6. The summed E-state index contributed by atoms with van der Waals surface area (Å²) in [6.07, 6.45) is -7.67. The number of aliphatic hydroxyl groups excluding tert-OH is 4. The average molecular weight is 448 g/mol. The minimum atomic E-state index is -1.69. The van der Waals surface area contributed by atoms with Gasteiger partial charge in [-0.3, -0.25) is 4.79 Å². The van der Waals surface area contributed by atoms with Gasteiger partial charge in [0.05, 0.1) is 6.61 Å². The van der Waals surface area contributed by atoms with E-state index in [1.54, 1.807) is 0 Å². The number of ether oxygens (including phenoxy) is 2. The number of benzene rings is 2. The van der Waals surface area contributed by atoms with Gasteiger partial charge in [0, 0.05) is 17.7 Å². The van der Waals surface area contributed by atoms with Gasteiger partial charge in [-0.15, -0.1) is 0 Å². The Bertz CT molecular complexity index is 1190. The zero-order valence-corrected chi connectivity index (χ0v) is 16.3. The number of rotatable bonds is 4. The van der Waals surface area contributed by atoms with Crippen molar-refractivity contribution in [3.05, 3.63) is 46.6 Å². The number of aliphatic hydroxyl groups is 4. The molecule has 1 saturated heterocycles. The van der Waals surface area contributed by atoms with Crippen LogP contribution in [-0.4, -0.2) is 73.1 Å². The van der Waals surface area contributed by atoms with Crippen LogP contribution in [0.4, 0.5) is 0 Å². The zero-order valence-electron chi connectivity index (χ0n) is 16.3. The molecule has 11 nitrogen and oxygen atoms in total. The van der Waals surface area contributed by atoms with Crippen LogP contribution in [0.5, 0.6) is 23.0 Å². The molecular formula is C21H20O11. The van der Waals surface area contributed by atoms with E-state index < -0.39 is 54.2 Å². The standard InChI is InChI=1S/C21H20O11/c22-7-13-15(25)17(27)19(29)21(32-13)30-10-5-11(24)14-12(6-10)31-20(18(28)16(14)26)8-1-3-9(23)4-2-8/h1-6,13,15,17,19,21-25,27-29H,7H2/t13?,15-,17+,19?,21-/m1/s1. The topological polar surface area (TPSA) is 190 Å². The summed E-state index contributed by atoms with van der Waals surface area (Å²) in [7, 11) is 0. The molecule has 1 fully saturated rings. The Labute approximate surface area is 179 Å². The van der Waals surface area contributed by atoms with Crippen LogP contribution in [0.1, 0.15) is 0 Å². The highest BCUT2D eigenvalue weighted by atomic mass is 16.7. The minimum Gasteiger partial charge on any atom is -0.508 e. The molecule has 11 heteroatoms. The molecular weight excluding hydrogens is 428 g/mol. The van der Waals surface area contributed by atoms with E-state index >= 15 is 0 Å². The van der Waals surface area contributed by atoms with Crippen molar-refractivity contribution < 1.29 is 49.6 Å². The third-order valence-electron chi connectivity index (χ3n) is 5.15. The van der Waals surface area contributed by atoms with Gasteiger partial charge in [0.25, 0.3) is 0 Å². The molecule has 0 aliphatic carbocycles. The molecule has 4 rings (SSSR count). The summed E-state index contributed by atoms with van der Waals surface area (Å²) >= 11 is 0. The first-order chi connectivity index (χ1) is 15.2. The van der Waals surface area contributed by atoms with E-state index in [-0.39, 0.29) is 33.8 Å². The molecule has 1 aliphatic rings. The molecule has 2 unspecified atom stereocenters. The van der Waals surface area contributed by atoms with E-state index in [1.165, 1.54) is 30.3 Å². The van der Waals surface area contributed by atoms with Crippen LogP contribution in [-0.2, 0) is 4.74 Å². The number of phenolic OH excluding ortho intramolecular Hbond substituents is 2. The second kappa shape index (κ2) is 8.30. The fourth-order valence-electron chi connectivity index (χ4n) is 3.44. The molecule has 5 atom stereocenters. The van der Waals surface area contributed by atoms with Crippen molar-refractivity contribution >= 4 is 11.0 Å².